The van der Waals surface area contributed by atoms with Crippen molar-refractivity contribution in [1.29, 1.82) is 0 Å². The zero-order valence-corrected chi connectivity index (χ0v) is 21.3. The molecule has 8 rings (SSSR count). The molecule has 2 aromatic rings. The van der Waals surface area contributed by atoms with Gasteiger partial charge in [-0.2, -0.15) is 0 Å². The average Bonchev–Trinajstić information content (AvgIpc) is 3.48. The van der Waals surface area contributed by atoms with Crippen molar-refractivity contribution < 1.29 is 9.59 Å². The monoisotopic (exact) mass is 482 g/mol. The van der Waals surface area contributed by atoms with Crippen LogP contribution in [0.25, 0.3) is 0 Å². The minimum absolute atomic E-state index is 0.182. The number of ketones is 1. The van der Waals surface area contributed by atoms with Crippen LogP contribution in [0.4, 0.5) is 0 Å². The zero-order chi connectivity index (χ0) is 24.3. The van der Waals surface area contributed by atoms with E-state index in [1.807, 2.05) is 0 Å². The molecule has 1 amide bonds. The van der Waals surface area contributed by atoms with E-state index in [9.17, 15) is 9.59 Å². The Morgan fingerprint density at radius 1 is 0.778 bits per heavy atom. The van der Waals surface area contributed by atoms with Crippen LogP contribution >= 0.6 is 0 Å². The number of amides is 1. The summed E-state index contributed by atoms with van der Waals surface area (Å²) in [5.74, 6) is 1.95. The highest BCUT2D eigenvalue weighted by Crippen LogP contribution is 2.66. The van der Waals surface area contributed by atoms with E-state index in [4.69, 9.17) is 0 Å². The predicted octanol–water partition coefficient (Wildman–Crippen LogP) is 5.36. The molecule has 6 aliphatic rings. The first kappa shape index (κ1) is 22.7. The van der Waals surface area contributed by atoms with E-state index in [1.165, 1.54) is 30.4 Å². The van der Waals surface area contributed by atoms with Gasteiger partial charge in [-0.15, -0.1) is 0 Å². The van der Waals surface area contributed by atoms with Crippen molar-refractivity contribution >= 4 is 11.7 Å². The van der Waals surface area contributed by atoms with E-state index in [0.29, 0.717) is 42.5 Å². The third-order valence-corrected chi connectivity index (χ3v) is 10.5. The quantitative estimate of drug-likeness (QED) is 0.534. The normalized spacial score (nSPS) is 36.5. The van der Waals surface area contributed by atoms with Gasteiger partial charge in [-0.1, -0.05) is 60.7 Å². The second-order valence-electron chi connectivity index (χ2n) is 12.8. The Hall–Kier alpha value is -2.46. The molecular formula is C32H38N2O2. The molecule has 4 heteroatoms. The van der Waals surface area contributed by atoms with Crippen LogP contribution < -0.4 is 0 Å². The fraction of sp³-hybridized carbons (Fsp3) is 0.562. The van der Waals surface area contributed by atoms with Crippen LogP contribution in [0.15, 0.2) is 60.7 Å². The number of benzene rings is 2. The number of carbonyl (C=O) groups excluding carboxylic acids is 2. The number of hydrogen-bond acceptors (Lipinski definition) is 3. The summed E-state index contributed by atoms with van der Waals surface area (Å²) < 4.78 is 0. The summed E-state index contributed by atoms with van der Waals surface area (Å²) >= 11 is 0. The zero-order valence-electron chi connectivity index (χ0n) is 21.3. The molecule has 188 valence electrons. The van der Waals surface area contributed by atoms with Crippen molar-refractivity contribution in [3.8, 4) is 0 Å². The molecule has 0 spiro atoms. The van der Waals surface area contributed by atoms with Gasteiger partial charge in [0.15, 0.2) is 0 Å². The number of Topliss-reactive ketones (excluding diaryl/α,β-unsaturated/α-hetero) is 1. The number of fused-ring (bicyclic) bond motifs is 2. The van der Waals surface area contributed by atoms with E-state index in [2.05, 4.69) is 70.5 Å². The van der Waals surface area contributed by atoms with Crippen molar-refractivity contribution in [2.75, 3.05) is 13.1 Å². The van der Waals surface area contributed by atoms with Crippen LogP contribution in [0.1, 0.15) is 68.9 Å². The topological polar surface area (TPSA) is 40.6 Å². The highest BCUT2D eigenvalue weighted by Gasteiger charge is 2.60. The fourth-order valence-electron chi connectivity index (χ4n) is 9.41. The predicted molar refractivity (Wildman–Crippen MR) is 140 cm³/mol. The van der Waals surface area contributed by atoms with Crippen LogP contribution in [-0.2, 0) is 21.5 Å². The smallest absolute Gasteiger partial charge is 0.223 e. The van der Waals surface area contributed by atoms with Crippen LogP contribution in [0.2, 0.25) is 0 Å². The molecular weight excluding hydrogens is 444 g/mol. The maximum absolute atomic E-state index is 13.8. The van der Waals surface area contributed by atoms with E-state index in [1.54, 1.807) is 0 Å². The molecule has 6 bridgehead atoms. The van der Waals surface area contributed by atoms with Crippen LogP contribution in [-0.4, -0.2) is 46.7 Å². The number of carbonyl (C=O) groups is 2. The molecule has 36 heavy (non-hydrogen) atoms. The van der Waals surface area contributed by atoms with Crippen molar-refractivity contribution in [3.05, 3.63) is 71.8 Å². The number of rotatable bonds is 7. The molecule has 0 radical (unpaired) electrons. The van der Waals surface area contributed by atoms with Crippen molar-refractivity contribution in [1.82, 2.24) is 9.80 Å². The third-order valence-electron chi connectivity index (χ3n) is 10.5. The van der Waals surface area contributed by atoms with Crippen LogP contribution in [0.5, 0.6) is 0 Å². The fourth-order valence-corrected chi connectivity index (χ4v) is 9.41. The summed E-state index contributed by atoms with van der Waals surface area (Å²) in [5.41, 5.74) is 2.79. The second kappa shape index (κ2) is 8.55. The van der Waals surface area contributed by atoms with E-state index < -0.39 is 0 Å². The molecule has 4 aliphatic carbocycles. The highest BCUT2D eigenvalue weighted by molar-refractivity contribution is 5.89. The first-order chi connectivity index (χ1) is 17.5. The molecule has 4 atom stereocenters. The van der Waals surface area contributed by atoms with Gasteiger partial charge in [-0.05, 0) is 73.3 Å². The SMILES string of the molecule is O=C(CCC(=O)C12CC3CC(C1)CC(c1ccccc1)(C3)C2)N1CC2CC1CN2Cc1ccccc1. The number of hydrogen-bond donors (Lipinski definition) is 0. The summed E-state index contributed by atoms with van der Waals surface area (Å²) in [5, 5.41) is 0. The van der Waals surface area contributed by atoms with Crippen molar-refractivity contribution in [3.63, 3.8) is 0 Å². The molecule has 4 saturated carbocycles. The lowest BCUT2D eigenvalue weighted by Crippen LogP contribution is -2.56. The largest absolute Gasteiger partial charge is 0.337 e. The minimum Gasteiger partial charge on any atom is -0.337 e. The second-order valence-corrected chi connectivity index (χ2v) is 12.8. The summed E-state index contributed by atoms with van der Waals surface area (Å²) in [7, 11) is 0. The molecule has 0 N–H and O–H groups in total. The van der Waals surface area contributed by atoms with E-state index >= 15 is 0 Å². The maximum atomic E-state index is 13.8. The average molecular weight is 483 g/mol. The molecule has 0 aromatic heterocycles. The summed E-state index contributed by atoms with van der Waals surface area (Å²) in [4.78, 5) is 31.7. The van der Waals surface area contributed by atoms with Gasteiger partial charge in [0.1, 0.15) is 5.78 Å². The maximum Gasteiger partial charge on any atom is 0.223 e. The Kier molecular flexibility index (Phi) is 5.39. The standard InChI is InChI=1S/C32H38N2O2/c35-29(32-17-24-13-25(18-32)16-31(15-24,22-32)26-9-5-2-6-10-26)11-12-30(36)34-21-27-14-28(34)20-33(27)19-23-7-3-1-4-8-23/h1-10,24-25,27-28H,11-22H2. The lowest BCUT2D eigenvalue weighted by Gasteiger charge is -2.62. The minimum atomic E-state index is -0.184. The Labute approximate surface area is 215 Å². The van der Waals surface area contributed by atoms with Gasteiger partial charge in [0.25, 0.3) is 0 Å². The summed E-state index contributed by atoms with van der Waals surface area (Å²) in [6, 6.07) is 22.4. The van der Waals surface area contributed by atoms with Crippen molar-refractivity contribution in [2.24, 2.45) is 17.3 Å². The van der Waals surface area contributed by atoms with Crippen LogP contribution in [0, 0.1) is 17.3 Å². The van der Waals surface area contributed by atoms with Gasteiger partial charge in [0.2, 0.25) is 5.91 Å². The van der Waals surface area contributed by atoms with Crippen LogP contribution in [0.3, 0.4) is 0 Å². The van der Waals surface area contributed by atoms with E-state index in [0.717, 1.165) is 45.3 Å². The Morgan fingerprint density at radius 3 is 2.14 bits per heavy atom. The molecule has 6 fully saturated rings. The van der Waals surface area contributed by atoms with Crippen molar-refractivity contribution in [2.45, 2.75) is 81.8 Å². The molecule has 2 aliphatic heterocycles. The van der Waals surface area contributed by atoms with Gasteiger partial charge in [0, 0.05) is 50.0 Å². The molecule has 2 saturated heterocycles. The van der Waals surface area contributed by atoms with Gasteiger partial charge in [-0.25, -0.2) is 0 Å². The number of piperazine rings is 1. The van der Waals surface area contributed by atoms with E-state index in [-0.39, 0.29) is 16.7 Å². The van der Waals surface area contributed by atoms with Gasteiger partial charge in [0.05, 0.1) is 0 Å². The molecule has 2 heterocycles. The Balaban J connectivity index is 0.987. The molecule has 2 aromatic carbocycles. The summed E-state index contributed by atoms with van der Waals surface area (Å²) in [6.07, 6.45) is 8.85. The summed E-state index contributed by atoms with van der Waals surface area (Å²) in [6.45, 7) is 2.76. The number of nitrogens with zero attached hydrogens (tertiary/aromatic N) is 2. The Bertz CT molecular complexity index is 1130. The van der Waals surface area contributed by atoms with Gasteiger partial charge < -0.3 is 4.90 Å². The highest BCUT2D eigenvalue weighted by atomic mass is 16.2. The first-order valence-corrected chi connectivity index (χ1v) is 14.2. The number of likely N-dealkylation sites (tertiary alicyclic amines) is 2. The molecule has 4 unspecified atom stereocenters. The third kappa shape index (κ3) is 3.75. The lowest BCUT2D eigenvalue weighted by molar-refractivity contribution is -0.148. The first-order valence-electron chi connectivity index (χ1n) is 14.2. The van der Waals surface area contributed by atoms with Gasteiger partial charge >= 0.3 is 0 Å². The Morgan fingerprint density at radius 2 is 1.47 bits per heavy atom. The lowest BCUT2D eigenvalue weighted by atomic mass is 9.42. The van der Waals surface area contributed by atoms with Gasteiger partial charge in [-0.3, -0.25) is 14.5 Å². The molecule has 4 nitrogen and oxygen atoms in total.